The van der Waals surface area contributed by atoms with Crippen LogP contribution in [0.25, 0.3) is 0 Å². The van der Waals surface area contributed by atoms with Gasteiger partial charge in [0.2, 0.25) is 0 Å². The molecule has 0 fully saturated rings. The van der Waals surface area contributed by atoms with Crippen molar-refractivity contribution in [1.29, 1.82) is 5.26 Å². The van der Waals surface area contributed by atoms with Crippen molar-refractivity contribution in [3.8, 4) is 6.07 Å². The Hall–Kier alpha value is -0.720. The summed E-state index contributed by atoms with van der Waals surface area (Å²) in [4.78, 5) is 0. The number of thioether (sulfide) groups is 1. The van der Waals surface area contributed by atoms with E-state index in [0.717, 1.165) is 11.8 Å². The number of hydrogen-bond donors (Lipinski definition) is 1. The highest BCUT2D eigenvalue weighted by Crippen LogP contribution is 2.16. The molecular formula is C7H9NOS. The standard InChI is InChI=1S/C7H9NOS/c1-3-6(5-8)10-7(9)4-2/h3-4,6-7,9H,1-2H2. The number of hydrogen-bond acceptors (Lipinski definition) is 3. The minimum atomic E-state index is -0.678. The first-order chi connectivity index (χ1) is 4.74. The quantitative estimate of drug-likeness (QED) is 0.491. The zero-order valence-corrected chi connectivity index (χ0v) is 6.34. The second-order valence-electron chi connectivity index (χ2n) is 1.55. The van der Waals surface area contributed by atoms with E-state index in [9.17, 15) is 0 Å². The normalized spacial score (nSPS) is 14.8. The van der Waals surface area contributed by atoms with Crippen LogP contribution in [0.2, 0.25) is 0 Å². The third-order valence-corrected chi connectivity index (χ3v) is 1.89. The molecule has 0 aliphatic carbocycles. The van der Waals surface area contributed by atoms with Crippen LogP contribution in [0.4, 0.5) is 0 Å². The number of aliphatic hydroxyl groups excluding tert-OH is 1. The summed E-state index contributed by atoms with van der Waals surface area (Å²) < 4.78 is 0. The Morgan fingerprint density at radius 3 is 2.40 bits per heavy atom. The van der Waals surface area contributed by atoms with Gasteiger partial charge in [0.15, 0.2) is 0 Å². The molecule has 2 unspecified atom stereocenters. The Bertz CT molecular complexity index is 161. The van der Waals surface area contributed by atoms with Crippen LogP contribution in [0.5, 0.6) is 0 Å². The van der Waals surface area contributed by atoms with Gasteiger partial charge in [-0.15, -0.1) is 18.3 Å². The van der Waals surface area contributed by atoms with E-state index in [-0.39, 0.29) is 5.25 Å². The molecule has 10 heavy (non-hydrogen) atoms. The van der Waals surface area contributed by atoms with Gasteiger partial charge in [-0.05, 0) is 0 Å². The summed E-state index contributed by atoms with van der Waals surface area (Å²) in [6.07, 6.45) is 2.86. The molecule has 0 aromatic heterocycles. The van der Waals surface area contributed by atoms with Gasteiger partial charge in [0.1, 0.15) is 10.7 Å². The van der Waals surface area contributed by atoms with Crippen LogP contribution in [0.1, 0.15) is 0 Å². The molecule has 2 atom stereocenters. The molecule has 0 aromatic carbocycles. The molecular weight excluding hydrogens is 146 g/mol. The summed E-state index contributed by atoms with van der Waals surface area (Å²) in [5, 5.41) is 17.0. The third kappa shape index (κ3) is 3.33. The second-order valence-corrected chi connectivity index (χ2v) is 2.81. The lowest BCUT2D eigenvalue weighted by molar-refractivity contribution is 0.310. The average Bonchev–Trinajstić information content (AvgIpc) is 1.99. The van der Waals surface area contributed by atoms with Crippen molar-refractivity contribution in [1.82, 2.24) is 0 Å². The predicted molar refractivity (Wildman–Crippen MR) is 43.4 cm³/mol. The highest BCUT2D eigenvalue weighted by molar-refractivity contribution is 8.00. The van der Waals surface area contributed by atoms with Crippen LogP contribution in [0.3, 0.4) is 0 Å². The van der Waals surface area contributed by atoms with Gasteiger partial charge in [-0.2, -0.15) is 5.26 Å². The fourth-order valence-electron chi connectivity index (χ4n) is 0.344. The van der Waals surface area contributed by atoms with Gasteiger partial charge in [-0.25, -0.2) is 0 Å². The van der Waals surface area contributed by atoms with Crippen LogP contribution in [0.15, 0.2) is 25.3 Å². The van der Waals surface area contributed by atoms with E-state index >= 15 is 0 Å². The van der Waals surface area contributed by atoms with Crippen molar-refractivity contribution in [2.45, 2.75) is 10.7 Å². The van der Waals surface area contributed by atoms with Crippen molar-refractivity contribution in [2.24, 2.45) is 0 Å². The lowest BCUT2D eigenvalue weighted by atomic mass is 10.5. The summed E-state index contributed by atoms with van der Waals surface area (Å²) in [7, 11) is 0. The van der Waals surface area contributed by atoms with E-state index in [0.29, 0.717) is 0 Å². The fraction of sp³-hybridized carbons (Fsp3) is 0.286. The van der Waals surface area contributed by atoms with E-state index in [1.807, 2.05) is 6.07 Å². The SMILES string of the molecule is C=CC(O)SC(C#N)C=C. The molecule has 2 nitrogen and oxygen atoms in total. The Kier molecular flexibility index (Phi) is 4.73. The number of nitrogens with zero attached hydrogens (tertiary/aromatic N) is 1. The van der Waals surface area contributed by atoms with Crippen molar-refractivity contribution < 1.29 is 5.11 Å². The molecule has 0 bridgehead atoms. The van der Waals surface area contributed by atoms with Gasteiger partial charge in [0, 0.05) is 0 Å². The van der Waals surface area contributed by atoms with E-state index in [1.165, 1.54) is 12.2 Å². The first kappa shape index (κ1) is 9.28. The first-order valence-corrected chi connectivity index (χ1v) is 3.67. The molecule has 0 aliphatic heterocycles. The summed E-state index contributed by atoms with van der Waals surface area (Å²) in [6, 6.07) is 1.95. The average molecular weight is 155 g/mol. The van der Waals surface area contributed by atoms with Crippen LogP contribution >= 0.6 is 11.8 Å². The van der Waals surface area contributed by atoms with Crippen molar-refractivity contribution >= 4 is 11.8 Å². The molecule has 0 saturated carbocycles. The molecule has 0 rings (SSSR count). The smallest absolute Gasteiger partial charge is 0.119 e. The summed E-state index contributed by atoms with van der Waals surface area (Å²) in [5.74, 6) is 0. The minimum Gasteiger partial charge on any atom is -0.379 e. The Morgan fingerprint density at radius 2 is 2.10 bits per heavy atom. The molecule has 0 radical (unpaired) electrons. The zero-order valence-electron chi connectivity index (χ0n) is 5.53. The molecule has 54 valence electrons. The van der Waals surface area contributed by atoms with Crippen molar-refractivity contribution in [3.05, 3.63) is 25.3 Å². The Balaban J connectivity index is 3.76. The molecule has 3 heteroatoms. The van der Waals surface area contributed by atoms with Crippen LogP contribution in [-0.4, -0.2) is 15.8 Å². The van der Waals surface area contributed by atoms with Gasteiger partial charge in [-0.3, -0.25) is 0 Å². The first-order valence-electron chi connectivity index (χ1n) is 2.73. The highest BCUT2D eigenvalue weighted by Gasteiger charge is 2.06. The van der Waals surface area contributed by atoms with Crippen molar-refractivity contribution in [2.75, 3.05) is 0 Å². The van der Waals surface area contributed by atoms with Crippen LogP contribution < -0.4 is 0 Å². The van der Waals surface area contributed by atoms with E-state index < -0.39 is 5.44 Å². The number of nitriles is 1. The maximum Gasteiger partial charge on any atom is 0.119 e. The van der Waals surface area contributed by atoms with Gasteiger partial charge in [0.05, 0.1) is 6.07 Å². The summed E-state index contributed by atoms with van der Waals surface area (Å²) >= 11 is 1.10. The number of rotatable bonds is 4. The summed E-state index contributed by atoms with van der Waals surface area (Å²) in [6.45, 7) is 6.80. The van der Waals surface area contributed by atoms with Crippen LogP contribution in [0, 0.1) is 11.3 Å². The topological polar surface area (TPSA) is 44.0 Å². The summed E-state index contributed by atoms with van der Waals surface area (Å²) in [5.41, 5.74) is -0.678. The van der Waals surface area contributed by atoms with Crippen molar-refractivity contribution in [3.63, 3.8) is 0 Å². The maximum absolute atomic E-state index is 8.94. The third-order valence-electron chi connectivity index (χ3n) is 0.829. The second kappa shape index (κ2) is 5.10. The largest absolute Gasteiger partial charge is 0.379 e. The molecule has 0 aromatic rings. The molecule has 0 spiro atoms. The Labute approximate surface area is 64.9 Å². The lowest BCUT2D eigenvalue weighted by Crippen LogP contribution is -2.02. The van der Waals surface area contributed by atoms with Gasteiger partial charge >= 0.3 is 0 Å². The Morgan fingerprint density at radius 1 is 1.50 bits per heavy atom. The monoisotopic (exact) mass is 155 g/mol. The lowest BCUT2D eigenvalue weighted by Gasteiger charge is -2.05. The van der Waals surface area contributed by atoms with E-state index in [4.69, 9.17) is 10.4 Å². The maximum atomic E-state index is 8.94. The van der Waals surface area contributed by atoms with Gasteiger partial charge < -0.3 is 5.11 Å². The zero-order chi connectivity index (χ0) is 7.98. The molecule has 0 aliphatic rings. The highest BCUT2D eigenvalue weighted by atomic mass is 32.2. The van der Waals surface area contributed by atoms with E-state index in [2.05, 4.69) is 13.2 Å². The molecule has 0 amide bonds. The predicted octanol–water partition coefficient (Wildman–Crippen LogP) is 1.30. The number of aliphatic hydroxyl groups is 1. The minimum absolute atomic E-state index is 0.354. The van der Waals surface area contributed by atoms with E-state index in [1.54, 1.807) is 0 Å². The molecule has 0 heterocycles. The molecule has 0 saturated heterocycles. The van der Waals surface area contributed by atoms with Crippen LogP contribution in [-0.2, 0) is 0 Å². The molecule has 1 N–H and O–H groups in total. The fourth-order valence-corrected chi connectivity index (χ4v) is 0.928. The van der Waals surface area contributed by atoms with Gasteiger partial charge in [0.25, 0.3) is 0 Å². The van der Waals surface area contributed by atoms with Gasteiger partial charge in [-0.1, -0.05) is 18.7 Å².